The van der Waals surface area contributed by atoms with Gasteiger partial charge in [0.05, 0.1) is 0 Å². The van der Waals surface area contributed by atoms with Gasteiger partial charge < -0.3 is 10.0 Å². The van der Waals surface area contributed by atoms with Crippen molar-refractivity contribution in [3.63, 3.8) is 0 Å². The summed E-state index contributed by atoms with van der Waals surface area (Å²) in [6.45, 7) is 6.62. The molecule has 0 aliphatic carbocycles. The molecule has 0 spiro atoms. The number of likely N-dealkylation sites (tertiary alicyclic amines) is 1. The Morgan fingerprint density at radius 2 is 2.42 bits per heavy atom. The van der Waals surface area contributed by atoms with Crippen molar-refractivity contribution in [3.8, 4) is 0 Å². The summed E-state index contributed by atoms with van der Waals surface area (Å²) in [6, 6.07) is 0. The van der Waals surface area contributed by atoms with Crippen molar-refractivity contribution in [2.75, 3.05) is 26.7 Å². The Morgan fingerprint density at radius 3 is 2.92 bits per heavy atom. The molecule has 1 atom stereocenters. The largest absolute Gasteiger partial charge is 0.396 e. The smallest absolute Gasteiger partial charge is 0.0468 e. The van der Waals surface area contributed by atoms with Gasteiger partial charge >= 0.3 is 0 Å². The summed E-state index contributed by atoms with van der Waals surface area (Å²) >= 11 is 0. The van der Waals surface area contributed by atoms with E-state index in [9.17, 15) is 0 Å². The third-order valence-corrected chi connectivity index (χ3v) is 2.53. The van der Waals surface area contributed by atoms with Crippen molar-refractivity contribution < 1.29 is 5.11 Å². The predicted molar refractivity (Wildman–Crippen MR) is 51.1 cm³/mol. The monoisotopic (exact) mass is 169 g/mol. The highest BCUT2D eigenvalue weighted by Gasteiger charge is 2.19. The molecular weight excluding hydrogens is 150 g/mol. The minimum absolute atomic E-state index is 0.251. The van der Waals surface area contributed by atoms with Crippen LogP contribution in [0.2, 0.25) is 0 Å². The van der Waals surface area contributed by atoms with Gasteiger partial charge in [-0.25, -0.2) is 0 Å². The van der Waals surface area contributed by atoms with E-state index in [1.807, 2.05) is 0 Å². The molecule has 1 N–H and O–H groups in total. The van der Waals surface area contributed by atoms with Gasteiger partial charge in [0, 0.05) is 13.2 Å². The number of hydrogen-bond donors (Lipinski definition) is 1. The van der Waals surface area contributed by atoms with Crippen LogP contribution in [0.3, 0.4) is 0 Å². The van der Waals surface area contributed by atoms with E-state index >= 15 is 0 Å². The van der Waals surface area contributed by atoms with Crippen molar-refractivity contribution in [2.24, 2.45) is 5.92 Å². The lowest BCUT2D eigenvalue weighted by Gasteiger charge is -2.11. The summed E-state index contributed by atoms with van der Waals surface area (Å²) in [4.78, 5) is 2.36. The Labute approximate surface area is 74.9 Å². The third kappa shape index (κ3) is 2.95. The quantitative estimate of drug-likeness (QED) is 0.641. The van der Waals surface area contributed by atoms with Gasteiger partial charge in [0.15, 0.2) is 0 Å². The summed E-state index contributed by atoms with van der Waals surface area (Å²) in [5, 5.41) is 8.69. The average Bonchev–Trinajstić information content (AvgIpc) is 2.36. The summed E-state index contributed by atoms with van der Waals surface area (Å²) in [6.07, 6.45) is 3.17. The normalized spacial score (nSPS) is 24.7. The SMILES string of the molecule is C=C(CCO)CC1CCN(C)C1. The summed E-state index contributed by atoms with van der Waals surface area (Å²) in [5.41, 5.74) is 1.21. The number of aliphatic hydroxyl groups excluding tert-OH is 1. The maximum absolute atomic E-state index is 8.69. The van der Waals surface area contributed by atoms with Gasteiger partial charge in [-0.2, -0.15) is 0 Å². The minimum atomic E-state index is 0.251. The van der Waals surface area contributed by atoms with Crippen LogP contribution in [0.15, 0.2) is 12.2 Å². The molecule has 1 aliphatic rings. The van der Waals surface area contributed by atoms with Gasteiger partial charge in [0.2, 0.25) is 0 Å². The average molecular weight is 169 g/mol. The Morgan fingerprint density at radius 1 is 1.67 bits per heavy atom. The zero-order valence-electron chi connectivity index (χ0n) is 7.92. The summed E-state index contributed by atoms with van der Waals surface area (Å²) in [5.74, 6) is 0.786. The molecule has 1 aliphatic heterocycles. The lowest BCUT2D eigenvalue weighted by molar-refractivity contribution is 0.296. The highest BCUT2D eigenvalue weighted by Crippen LogP contribution is 2.22. The summed E-state index contributed by atoms with van der Waals surface area (Å²) < 4.78 is 0. The standard InChI is InChI=1S/C10H19NO/c1-9(4-6-12)7-10-3-5-11(2)8-10/h10,12H,1,3-8H2,2H3. The number of hydrogen-bond acceptors (Lipinski definition) is 2. The lowest BCUT2D eigenvalue weighted by Crippen LogP contribution is -2.14. The Hall–Kier alpha value is -0.340. The molecule has 0 bridgehead atoms. The van der Waals surface area contributed by atoms with E-state index in [2.05, 4.69) is 18.5 Å². The molecule has 1 rings (SSSR count). The fourth-order valence-corrected chi connectivity index (χ4v) is 1.86. The van der Waals surface area contributed by atoms with Crippen LogP contribution < -0.4 is 0 Å². The van der Waals surface area contributed by atoms with Crippen molar-refractivity contribution in [3.05, 3.63) is 12.2 Å². The van der Waals surface area contributed by atoms with E-state index in [0.717, 1.165) is 18.8 Å². The molecule has 0 radical (unpaired) electrons. The molecule has 2 heteroatoms. The first-order valence-electron chi connectivity index (χ1n) is 4.68. The molecule has 0 saturated carbocycles. The second kappa shape index (κ2) is 4.63. The topological polar surface area (TPSA) is 23.5 Å². The molecule has 1 unspecified atom stereocenters. The molecule has 1 fully saturated rings. The lowest BCUT2D eigenvalue weighted by atomic mass is 9.98. The third-order valence-electron chi connectivity index (χ3n) is 2.53. The van der Waals surface area contributed by atoms with Gasteiger partial charge in [-0.1, -0.05) is 12.2 Å². The molecule has 2 nitrogen and oxygen atoms in total. The molecule has 12 heavy (non-hydrogen) atoms. The fourth-order valence-electron chi connectivity index (χ4n) is 1.86. The first-order chi connectivity index (χ1) is 5.72. The van der Waals surface area contributed by atoms with E-state index < -0.39 is 0 Å². The van der Waals surface area contributed by atoms with Crippen molar-refractivity contribution >= 4 is 0 Å². The van der Waals surface area contributed by atoms with Crippen LogP contribution in [-0.4, -0.2) is 36.8 Å². The first kappa shape index (κ1) is 9.75. The van der Waals surface area contributed by atoms with Crippen LogP contribution in [0.5, 0.6) is 0 Å². The van der Waals surface area contributed by atoms with Gasteiger partial charge in [-0.3, -0.25) is 0 Å². The van der Waals surface area contributed by atoms with E-state index in [0.29, 0.717) is 0 Å². The zero-order chi connectivity index (χ0) is 8.97. The van der Waals surface area contributed by atoms with Crippen LogP contribution in [0.1, 0.15) is 19.3 Å². The minimum Gasteiger partial charge on any atom is -0.396 e. The van der Waals surface area contributed by atoms with Crippen molar-refractivity contribution in [1.29, 1.82) is 0 Å². The Bertz CT molecular complexity index is 156. The van der Waals surface area contributed by atoms with Crippen LogP contribution in [0.4, 0.5) is 0 Å². The van der Waals surface area contributed by atoms with Gasteiger partial charge in [0.1, 0.15) is 0 Å². The van der Waals surface area contributed by atoms with Crippen LogP contribution in [-0.2, 0) is 0 Å². The highest BCUT2D eigenvalue weighted by molar-refractivity contribution is 4.97. The first-order valence-corrected chi connectivity index (χ1v) is 4.68. The van der Waals surface area contributed by atoms with Gasteiger partial charge in [-0.15, -0.1) is 0 Å². The van der Waals surface area contributed by atoms with Crippen LogP contribution in [0.25, 0.3) is 0 Å². The van der Waals surface area contributed by atoms with Gasteiger partial charge in [-0.05, 0) is 38.8 Å². The number of aliphatic hydroxyl groups is 1. The van der Waals surface area contributed by atoms with E-state index in [4.69, 9.17) is 5.11 Å². The van der Waals surface area contributed by atoms with Crippen LogP contribution in [0, 0.1) is 5.92 Å². The predicted octanol–water partition coefficient (Wildman–Crippen LogP) is 1.27. The molecule has 0 aromatic rings. The van der Waals surface area contributed by atoms with Crippen molar-refractivity contribution in [1.82, 2.24) is 4.90 Å². The molecule has 1 heterocycles. The number of rotatable bonds is 4. The molecule has 0 aromatic heterocycles. The number of nitrogens with zero attached hydrogens (tertiary/aromatic N) is 1. The molecule has 0 amide bonds. The van der Waals surface area contributed by atoms with Crippen LogP contribution >= 0.6 is 0 Å². The van der Waals surface area contributed by atoms with Crippen molar-refractivity contribution in [2.45, 2.75) is 19.3 Å². The summed E-state index contributed by atoms with van der Waals surface area (Å²) in [7, 11) is 2.16. The van der Waals surface area contributed by atoms with E-state index in [-0.39, 0.29) is 6.61 Å². The Kier molecular flexibility index (Phi) is 3.76. The fraction of sp³-hybridized carbons (Fsp3) is 0.800. The maximum atomic E-state index is 8.69. The van der Waals surface area contributed by atoms with E-state index in [1.54, 1.807) is 0 Å². The molecule has 70 valence electrons. The molecule has 0 aromatic carbocycles. The molecular formula is C10H19NO. The van der Waals surface area contributed by atoms with Gasteiger partial charge in [0.25, 0.3) is 0 Å². The molecule has 1 saturated heterocycles. The highest BCUT2D eigenvalue weighted by atomic mass is 16.2. The van der Waals surface area contributed by atoms with E-state index in [1.165, 1.54) is 25.1 Å². The Balaban J connectivity index is 2.18. The maximum Gasteiger partial charge on any atom is 0.0468 e. The second-order valence-corrected chi connectivity index (χ2v) is 3.84. The second-order valence-electron chi connectivity index (χ2n) is 3.84. The zero-order valence-corrected chi connectivity index (χ0v) is 7.92.